The summed E-state index contributed by atoms with van der Waals surface area (Å²) in [6, 6.07) is 0. The van der Waals surface area contributed by atoms with Gasteiger partial charge < -0.3 is 15.0 Å². The summed E-state index contributed by atoms with van der Waals surface area (Å²) in [6.45, 7) is 5.97. The molecule has 1 aliphatic heterocycles. The van der Waals surface area contributed by atoms with Gasteiger partial charge in [0.05, 0.1) is 13.2 Å². The average Bonchev–Trinajstić information content (AvgIpc) is 2.47. The van der Waals surface area contributed by atoms with Gasteiger partial charge in [-0.2, -0.15) is 26.7 Å². The average molecular weight is 318 g/mol. The monoisotopic (exact) mass is 317 g/mol. The first kappa shape index (κ1) is 15.6. The first-order valence-electron chi connectivity index (χ1n) is 6.70. The summed E-state index contributed by atoms with van der Waals surface area (Å²) in [5.41, 5.74) is 0. The number of thioether (sulfide) groups is 1. The molecule has 2 heterocycles. The maximum atomic E-state index is 5.97. The second-order valence-corrected chi connectivity index (χ2v) is 6.20. The number of hydrogen-bond donors (Lipinski definition) is 1. The van der Waals surface area contributed by atoms with Gasteiger partial charge in [-0.25, -0.2) is 0 Å². The first-order valence-corrected chi connectivity index (χ1v) is 8.36. The molecule has 1 fully saturated rings. The minimum Gasteiger partial charge on any atom is -0.378 e. The molecule has 0 saturated carbocycles. The van der Waals surface area contributed by atoms with Gasteiger partial charge in [0.1, 0.15) is 0 Å². The number of anilines is 2. The highest BCUT2D eigenvalue weighted by molar-refractivity contribution is 7.99. The summed E-state index contributed by atoms with van der Waals surface area (Å²) in [4.78, 5) is 14.8. The molecular weight excluding hydrogens is 298 g/mol. The standard InChI is InChI=1S/C12H20ClN5OS/c1-9(20-2)3-4-14-11-15-10(13)16-12(17-11)18-5-7-19-8-6-18/h9H,3-8H2,1-2H3,(H,14,15,16,17). The van der Waals surface area contributed by atoms with Gasteiger partial charge in [0.25, 0.3) is 0 Å². The molecule has 0 bridgehead atoms. The Labute approximate surface area is 128 Å². The largest absolute Gasteiger partial charge is 0.378 e. The Morgan fingerprint density at radius 2 is 2.10 bits per heavy atom. The third kappa shape index (κ3) is 4.64. The van der Waals surface area contributed by atoms with Crippen molar-refractivity contribution in [2.24, 2.45) is 0 Å². The smallest absolute Gasteiger partial charge is 0.231 e. The fourth-order valence-electron chi connectivity index (χ4n) is 1.83. The molecule has 1 N–H and O–H groups in total. The van der Waals surface area contributed by atoms with Crippen LogP contribution in [0.2, 0.25) is 5.28 Å². The van der Waals surface area contributed by atoms with E-state index in [-0.39, 0.29) is 5.28 Å². The Kier molecular flexibility index (Phi) is 6.12. The zero-order valence-electron chi connectivity index (χ0n) is 11.8. The maximum Gasteiger partial charge on any atom is 0.231 e. The second-order valence-electron chi connectivity index (χ2n) is 4.59. The van der Waals surface area contributed by atoms with Crippen LogP contribution in [0.1, 0.15) is 13.3 Å². The van der Waals surface area contributed by atoms with Crippen LogP contribution < -0.4 is 10.2 Å². The lowest BCUT2D eigenvalue weighted by Gasteiger charge is -2.26. The van der Waals surface area contributed by atoms with Gasteiger partial charge in [0, 0.05) is 24.9 Å². The van der Waals surface area contributed by atoms with Crippen molar-refractivity contribution in [3.05, 3.63) is 5.28 Å². The van der Waals surface area contributed by atoms with E-state index in [1.165, 1.54) is 0 Å². The third-order valence-electron chi connectivity index (χ3n) is 3.13. The highest BCUT2D eigenvalue weighted by Crippen LogP contribution is 2.15. The molecule has 6 nitrogen and oxygen atoms in total. The number of ether oxygens (including phenoxy) is 1. The summed E-state index contributed by atoms with van der Waals surface area (Å²) < 4.78 is 5.32. The van der Waals surface area contributed by atoms with E-state index in [1.807, 2.05) is 11.8 Å². The summed E-state index contributed by atoms with van der Waals surface area (Å²) >= 11 is 7.82. The van der Waals surface area contributed by atoms with Crippen molar-refractivity contribution in [3.8, 4) is 0 Å². The fourth-order valence-corrected chi connectivity index (χ4v) is 2.34. The normalized spacial score (nSPS) is 17.1. The van der Waals surface area contributed by atoms with Gasteiger partial charge in [-0.1, -0.05) is 6.92 Å². The fraction of sp³-hybridized carbons (Fsp3) is 0.750. The van der Waals surface area contributed by atoms with E-state index in [9.17, 15) is 0 Å². The van der Waals surface area contributed by atoms with E-state index < -0.39 is 0 Å². The van der Waals surface area contributed by atoms with Crippen molar-refractivity contribution >= 4 is 35.3 Å². The minimum atomic E-state index is 0.224. The molecule has 2 rings (SSSR count). The summed E-state index contributed by atoms with van der Waals surface area (Å²) in [7, 11) is 0. The molecule has 1 aromatic rings. The molecule has 1 aliphatic rings. The molecule has 0 aromatic carbocycles. The number of aromatic nitrogens is 3. The quantitative estimate of drug-likeness (QED) is 0.860. The lowest BCUT2D eigenvalue weighted by Crippen LogP contribution is -2.37. The second kappa shape index (κ2) is 7.85. The van der Waals surface area contributed by atoms with E-state index in [1.54, 1.807) is 0 Å². The minimum absolute atomic E-state index is 0.224. The van der Waals surface area contributed by atoms with E-state index >= 15 is 0 Å². The first-order chi connectivity index (χ1) is 9.69. The summed E-state index contributed by atoms with van der Waals surface area (Å²) in [5.74, 6) is 1.16. The Balaban J connectivity index is 1.97. The van der Waals surface area contributed by atoms with Crippen molar-refractivity contribution in [2.75, 3.05) is 49.3 Å². The third-order valence-corrected chi connectivity index (χ3v) is 4.34. The van der Waals surface area contributed by atoms with Crippen molar-refractivity contribution in [1.29, 1.82) is 0 Å². The Hall–Kier alpha value is -0.790. The van der Waals surface area contributed by atoms with Crippen LogP contribution in [-0.2, 0) is 4.74 Å². The lowest BCUT2D eigenvalue weighted by molar-refractivity contribution is 0.122. The van der Waals surface area contributed by atoms with Crippen molar-refractivity contribution in [3.63, 3.8) is 0 Å². The number of hydrogen-bond acceptors (Lipinski definition) is 7. The Morgan fingerprint density at radius 3 is 2.80 bits per heavy atom. The number of halogens is 1. The van der Waals surface area contributed by atoms with Crippen LogP contribution >= 0.6 is 23.4 Å². The molecule has 112 valence electrons. The number of morpholine rings is 1. The summed E-state index contributed by atoms with van der Waals surface area (Å²) in [5, 5.41) is 4.05. The SMILES string of the molecule is CSC(C)CCNc1nc(Cl)nc(N2CCOCC2)n1. The van der Waals surface area contributed by atoms with E-state index in [0.29, 0.717) is 30.4 Å². The van der Waals surface area contributed by atoms with Crippen LogP contribution in [0.15, 0.2) is 0 Å². The van der Waals surface area contributed by atoms with Crippen LogP contribution in [0.4, 0.5) is 11.9 Å². The maximum absolute atomic E-state index is 5.97. The molecule has 0 amide bonds. The number of nitrogens with zero attached hydrogens (tertiary/aromatic N) is 4. The Bertz CT molecular complexity index is 430. The van der Waals surface area contributed by atoms with Crippen molar-refractivity contribution in [2.45, 2.75) is 18.6 Å². The highest BCUT2D eigenvalue weighted by Gasteiger charge is 2.16. The van der Waals surface area contributed by atoms with E-state index in [4.69, 9.17) is 16.3 Å². The number of nitrogens with one attached hydrogen (secondary N) is 1. The van der Waals surface area contributed by atoms with E-state index in [2.05, 4.69) is 38.3 Å². The van der Waals surface area contributed by atoms with Gasteiger partial charge in [-0.05, 0) is 24.3 Å². The van der Waals surface area contributed by atoms with Gasteiger partial charge >= 0.3 is 0 Å². The topological polar surface area (TPSA) is 63.2 Å². The number of rotatable bonds is 6. The summed E-state index contributed by atoms with van der Waals surface area (Å²) in [6.07, 6.45) is 3.17. The van der Waals surface area contributed by atoms with Gasteiger partial charge in [-0.15, -0.1) is 0 Å². The predicted octanol–water partition coefficient (Wildman–Crippen LogP) is 1.92. The molecule has 0 aliphatic carbocycles. The molecule has 1 atom stereocenters. The van der Waals surface area contributed by atoms with Crippen LogP contribution in [0, 0.1) is 0 Å². The van der Waals surface area contributed by atoms with Crippen LogP contribution in [0.3, 0.4) is 0 Å². The van der Waals surface area contributed by atoms with Gasteiger partial charge in [0.2, 0.25) is 17.2 Å². The molecule has 1 saturated heterocycles. The molecule has 1 unspecified atom stereocenters. The van der Waals surface area contributed by atoms with Crippen LogP contribution in [0.25, 0.3) is 0 Å². The zero-order valence-corrected chi connectivity index (χ0v) is 13.4. The molecule has 1 aromatic heterocycles. The molecular formula is C12H20ClN5OS. The Morgan fingerprint density at radius 1 is 1.35 bits per heavy atom. The molecule has 20 heavy (non-hydrogen) atoms. The highest BCUT2D eigenvalue weighted by atomic mass is 35.5. The lowest BCUT2D eigenvalue weighted by atomic mass is 10.3. The van der Waals surface area contributed by atoms with Gasteiger partial charge in [0.15, 0.2) is 0 Å². The van der Waals surface area contributed by atoms with Crippen molar-refractivity contribution in [1.82, 2.24) is 15.0 Å². The van der Waals surface area contributed by atoms with E-state index in [0.717, 1.165) is 26.1 Å². The molecule has 0 radical (unpaired) electrons. The zero-order chi connectivity index (χ0) is 14.4. The van der Waals surface area contributed by atoms with Crippen LogP contribution in [0.5, 0.6) is 0 Å². The molecule has 8 heteroatoms. The van der Waals surface area contributed by atoms with Crippen LogP contribution in [-0.4, -0.2) is 59.3 Å². The molecule has 0 spiro atoms. The predicted molar refractivity (Wildman–Crippen MR) is 84.0 cm³/mol. The van der Waals surface area contributed by atoms with Gasteiger partial charge in [-0.3, -0.25) is 0 Å². The van der Waals surface area contributed by atoms with Crippen molar-refractivity contribution < 1.29 is 4.74 Å².